The second-order valence-corrected chi connectivity index (χ2v) is 7.81. The predicted molar refractivity (Wildman–Crippen MR) is 115 cm³/mol. The van der Waals surface area contributed by atoms with Crippen LogP contribution in [0.3, 0.4) is 0 Å². The topological polar surface area (TPSA) is 91.2 Å². The number of benzene rings is 2. The fourth-order valence-corrected chi connectivity index (χ4v) is 4.03. The number of aromatic nitrogens is 2. The highest BCUT2D eigenvalue weighted by atomic mass is 19.4. The maximum Gasteiger partial charge on any atom is 0.438 e. The number of alkyl halides is 3. The molecule has 0 spiro atoms. The zero-order chi connectivity index (χ0) is 23.6. The van der Waals surface area contributed by atoms with Gasteiger partial charge in [-0.05, 0) is 59.9 Å². The number of H-pyrrole nitrogens is 1. The lowest BCUT2D eigenvalue weighted by Crippen LogP contribution is -2.39. The molecule has 2 N–H and O–H groups in total. The van der Waals surface area contributed by atoms with Crippen molar-refractivity contribution in [2.24, 2.45) is 5.92 Å². The van der Waals surface area contributed by atoms with Gasteiger partial charge in [0, 0.05) is 30.9 Å². The molecule has 0 bridgehead atoms. The average molecular weight is 458 g/mol. The summed E-state index contributed by atoms with van der Waals surface area (Å²) in [5, 5.41) is 6.53. The summed E-state index contributed by atoms with van der Waals surface area (Å²) in [6.07, 6.45) is -2.28. The molecule has 10 heteroatoms. The molecule has 1 aromatic heterocycles. The summed E-state index contributed by atoms with van der Waals surface area (Å²) in [5.41, 5.74) is 2.60. The van der Waals surface area contributed by atoms with Crippen molar-refractivity contribution in [3.05, 3.63) is 88.2 Å². The van der Waals surface area contributed by atoms with E-state index in [-0.39, 0.29) is 11.8 Å². The number of aromatic amines is 1. The van der Waals surface area contributed by atoms with Crippen LogP contribution in [0.5, 0.6) is 0 Å². The molecule has 1 amide bonds. The number of amides is 1. The van der Waals surface area contributed by atoms with Gasteiger partial charge in [0.05, 0.1) is 5.56 Å². The van der Waals surface area contributed by atoms with E-state index in [1.165, 1.54) is 18.2 Å². The van der Waals surface area contributed by atoms with Gasteiger partial charge in [0.2, 0.25) is 5.91 Å². The largest absolute Gasteiger partial charge is 0.438 e. The molecule has 3 aromatic rings. The van der Waals surface area contributed by atoms with Crippen molar-refractivity contribution in [2.75, 3.05) is 18.0 Å². The fourth-order valence-electron chi connectivity index (χ4n) is 4.03. The van der Waals surface area contributed by atoms with E-state index in [9.17, 15) is 22.8 Å². The molecule has 0 fully saturated rings. The van der Waals surface area contributed by atoms with Crippen molar-refractivity contribution < 1.29 is 22.5 Å². The van der Waals surface area contributed by atoms with E-state index < -0.39 is 17.5 Å². The molecule has 0 radical (unpaired) electrons. The highest BCUT2D eigenvalue weighted by Crippen LogP contribution is 2.39. The average Bonchev–Trinajstić information content (AvgIpc) is 3.21. The summed E-state index contributed by atoms with van der Waals surface area (Å²) < 4.78 is 43.7. The van der Waals surface area contributed by atoms with Crippen molar-refractivity contribution in [2.45, 2.75) is 19.0 Å². The highest BCUT2D eigenvalue weighted by molar-refractivity contribution is 5.86. The molecule has 0 saturated heterocycles. The van der Waals surface area contributed by atoms with Crippen molar-refractivity contribution >= 4 is 17.3 Å². The molecule has 7 nitrogen and oxygen atoms in total. The summed E-state index contributed by atoms with van der Waals surface area (Å²) in [6.45, 7) is 4.33. The van der Waals surface area contributed by atoms with E-state index in [2.05, 4.69) is 26.6 Å². The molecule has 1 aliphatic heterocycles. The third kappa shape index (κ3) is 5.00. The van der Waals surface area contributed by atoms with Crippen LogP contribution in [0.1, 0.15) is 22.5 Å². The Morgan fingerprint density at radius 3 is 2.67 bits per heavy atom. The van der Waals surface area contributed by atoms with Crippen LogP contribution in [-0.2, 0) is 23.8 Å². The van der Waals surface area contributed by atoms with Crippen LogP contribution in [0.25, 0.3) is 0 Å². The maximum absolute atomic E-state index is 13.0. The van der Waals surface area contributed by atoms with Gasteiger partial charge in [0.15, 0.2) is 5.82 Å². The molecule has 4 rings (SSSR count). The molecule has 172 valence electrons. The second kappa shape index (κ2) is 8.97. The normalized spacial score (nSPS) is 15.7. The van der Waals surface area contributed by atoms with Gasteiger partial charge < -0.3 is 10.2 Å². The molecule has 1 aliphatic rings. The van der Waals surface area contributed by atoms with Gasteiger partial charge in [-0.2, -0.15) is 13.2 Å². The van der Waals surface area contributed by atoms with Crippen molar-refractivity contribution in [1.82, 2.24) is 15.5 Å². The Labute approximate surface area is 186 Å². The number of carbonyl (C=O) groups is 1. The van der Waals surface area contributed by atoms with Gasteiger partial charge in [-0.25, -0.2) is 4.79 Å². The second-order valence-electron chi connectivity index (χ2n) is 7.81. The van der Waals surface area contributed by atoms with Gasteiger partial charge in [-0.3, -0.25) is 14.3 Å². The monoisotopic (exact) mass is 458 g/mol. The summed E-state index contributed by atoms with van der Waals surface area (Å²) >= 11 is 0. The Balaban J connectivity index is 1.70. The number of fused-ring (bicyclic) bond motifs is 1. The molecular formula is C23H21F3N4O3. The molecule has 2 heterocycles. The molecule has 0 unspecified atom stereocenters. The van der Waals surface area contributed by atoms with Crippen LogP contribution in [0, 0.1) is 5.92 Å². The molecule has 33 heavy (non-hydrogen) atoms. The molecule has 0 aliphatic carbocycles. The minimum atomic E-state index is -4.42. The van der Waals surface area contributed by atoms with E-state index in [1.54, 1.807) is 0 Å². The maximum atomic E-state index is 13.0. The Morgan fingerprint density at radius 1 is 1.27 bits per heavy atom. The molecule has 0 saturated carbocycles. The first-order chi connectivity index (χ1) is 15.7. The first-order valence-electron chi connectivity index (χ1n) is 10.3. The lowest BCUT2D eigenvalue weighted by Gasteiger charge is -2.37. The summed E-state index contributed by atoms with van der Waals surface area (Å²) in [4.78, 5) is 27.5. The number of hydrogen-bond acceptors (Lipinski definition) is 5. The van der Waals surface area contributed by atoms with Gasteiger partial charge in [0.1, 0.15) is 0 Å². The fraction of sp³-hybridized carbons (Fsp3) is 0.261. The quantitative estimate of drug-likeness (QED) is 0.551. The van der Waals surface area contributed by atoms with Crippen LogP contribution >= 0.6 is 0 Å². The van der Waals surface area contributed by atoms with Crippen molar-refractivity contribution in [3.63, 3.8) is 0 Å². The summed E-state index contributed by atoms with van der Waals surface area (Å²) in [6, 6.07) is 10.7. The number of rotatable bonds is 6. The lowest BCUT2D eigenvalue weighted by atomic mass is 9.87. The van der Waals surface area contributed by atoms with Gasteiger partial charge in [0.25, 0.3) is 0 Å². The number of carbonyl (C=O) groups excluding carboxylic acids is 1. The highest BCUT2D eigenvalue weighted by Gasteiger charge is 2.31. The number of halogens is 3. The zero-order valence-electron chi connectivity index (χ0n) is 17.5. The van der Waals surface area contributed by atoms with E-state index >= 15 is 0 Å². The summed E-state index contributed by atoms with van der Waals surface area (Å²) in [5.74, 6) is -0.584. The smallest absolute Gasteiger partial charge is 0.352 e. The van der Waals surface area contributed by atoms with E-state index in [4.69, 9.17) is 0 Å². The Kier molecular flexibility index (Phi) is 6.08. The van der Waals surface area contributed by atoms with Crippen LogP contribution in [-0.4, -0.2) is 29.1 Å². The van der Waals surface area contributed by atoms with Crippen LogP contribution < -0.4 is 16.0 Å². The lowest BCUT2D eigenvalue weighted by molar-refractivity contribution is -0.137. The Bertz CT molecular complexity index is 1210. The predicted octanol–water partition coefficient (Wildman–Crippen LogP) is 3.59. The summed E-state index contributed by atoms with van der Waals surface area (Å²) in [7, 11) is 0. The number of nitrogens with one attached hydrogen (secondary N) is 2. The molecular weight excluding hydrogens is 437 g/mol. The van der Waals surface area contributed by atoms with E-state index in [1.807, 2.05) is 23.1 Å². The number of nitrogens with zero attached hydrogens (tertiary/aromatic N) is 2. The van der Waals surface area contributed by atoms with Crippen LogP contribution in [0.4, 0.5) is 24.5 Å². The van der Waals surface area contributed by atoms with Gasteiger partial charge in [-0.15, -0.1) is 0 Å². The van der Waals surface area contributed by atoms with Gasteiger partial charge >= 0.3 is 11.9 Å². The third-order valence-electron chi connectivity index (χ3n) is 5.57. The number of hydrogen-bond donors (Lipinski definition) is 2. The van der Waals surface area contributed by atoms with E-state index in [0.29, 0.717) is 37.4 Å². The number of anilines is 2. The molecule has 2 aromatic carbocycles. The standard InChI is InChI=1S/C23H21F3N4O3/c1-2-21(31)27-12-14-10-18-15(11-20-28-22(32)33-29-20)4-3-5-19(18)30(13-14)17-8-6-16(7-9-17)23(24,25)26/h2-9,14H,1,10-13H2,(H,27,31)(H,28,29,32)/t14-/m0/s1. The van der Waals surface area contributed by atoms with Gasteiger partial charge in [-0.1, -0.05) is 23.9 Å². The molecule has 1 atom stereocenters. The van der Waals surface area contributed by atoms with Crippen LogP contribution in [0.15, 0.2) is 64.4 Å². The van der Waals surface area contributed by atoms with Crippen LogP contribution in [0.2, 0.25) is 0 Å². The minimum Gasteiger partial charge on any atom is -0.352 e. The van der Waals surface area contributed by atoms with Crippen molar-refractivity contribution in [1.29, 1.82) is 0 Å². The zero-order valence-corrected chi connectivity index (χ0v) is 17.5. The van der Waals surface area contributed by atoms with E-state index in [0.717, 1.165) is 28.9 Å². The minimum absolute atomic E-state index is 0.0128. The first-order valence-corrected chi connectivity index (χ1v) is 10.3. The SMILES string of the molecule is C=CC(=O)NC[C@@H]1Cc2c(Cc3noc(=O)[nH]3)cccc2N(c2ccc(C(F)(F)F)cc2)C1. The Morgan fingerprint density at radius 2 is 2.03 bits per heavy atom. The Hall–Kier alpha value is -3.82. The van der Waals surface area contributed by atoms with Crippen molar-refractivity contribution in [3.8, 4) is 0 Å². The first kappa shape index (κ1) is 22.4. The third-order valence-corrected chi connectivity index (χ3v) is 5.57.